The van der Waals surface area contributed by atoms with Crippen molar-refractivity contribution in [2.45, 2.75) is 25.8 Å². The number of rotatable bonds is 5. The highest BCUT2D eigenvalue weighted by Crippen LogP contribution is 2.21. The molecule has 0 spiro atoms. The van der Waals surface area contributed by atoms with Gasteiger partial charge in [-0.15, -0.1) is 0 Å². The minimum atomic E-state index is -0.331. The summed E-state index contributed by atoms with van der Waals surface area (Å²) in [5, 5.41) is 8.36. The fourth-order valence-corrected chi connectivity index (χ4v) is 3.13. The van der Waals surface area contributed by atoms with E-state index in [1.165, 1.54) is 0 Å². The summed E-state index contributed by atoms with van der Waals surface area (Å²) in [6, 6.07) is 6.55. The minimum Gasteiger partial charge on any atom is -0.341 e. The van der Waals surface area contributed by atoms with Crippen molar-refractivity contribution >= 4 is 29.3 Å². The highest BCUT2D eigenvalue weighted by atomic mass is 16.2. The number of nitrogens with zero attached hydrogens (tertiary/aromatic N) is 2. The molecular weight excluding hydrogens is 322 g/mol. The van der Waals surface area contributed by atoms with Crippen molar-refractivity contribution in [1.82, 2.24) is 15.5 Å². The zero-order valence-corrected chi connectivity index (χ0v) is 14.2. The zero-order chi connectivity index (χ0) is 17.8. The molecule has 0 unspecified atom stereocenters. The lowest BCUT2D eigenvalue weighted by Crippen LogP contribution is -2.44. The summed E-state index contributed by atoms with van der Waals surface area (Å²) < 4.78 is 0. The van der Waals surface area contributed by atoms with Crippen LogP contribution in [-0.4, -0.2) is 55.1 Å². The molecule has 25 heavy (non-hydrogen) atoms. The average molecular weight is 345 g/mol. The first-order valence-electron chi connectivity index (χ1n) is 8.53. The quantitative estimate of drug-likeness (QED) is 0.752. The van der Waals surface area contributed by atoms with Gasteiger partial charge in [0.05, 0.1) is 0 Å². The molecule has 0 saturated carbocycles. The number of likely N-dealkylation sites (tertiary alicyclic amines) is 1. The molecule has 0 aromatic heterocycles. The molecule has 1 aromatic carbocycles. The number of benzene rings is 1. The van der Waals surface area contributed by atoms with E-state index in [0.29, 0.717) is 31.7 Å². The van der Waals surface area contributed by atoms with Crippen molar-refractivity contribution in [3.8, 4) is 0 Å². The Morgan fingerprint density at radius 2 is 2.16 bits per heavy atom. The van der Waals surface area contributed by atoms with E-state index in [9.17, 15) is 14.4 Å². The van der Waals surface area contributed by atoms with Crippen molar-refractivity contribution in [3.63, 3.8) is 0 Å². The first kappa shape index (κ1) is 17.1. The van der Waals surface area contributed by atoms with E-state index < -0.39 is 0 Å². The Morgan fingerprint density at radius 3 is 2.84 bits per heavy atom. The van der Waals surface area contributed by atoms with Gasteiger partial charge in [-0.3, -0.25) is 9.69 Å². The van der Waals surface area contributed by atoms with Gasteiger partial charge < -0.3 is 20.9 Å². The second-order valence-electron chi connectivity index (χ2n) is 6.38. The molecule has 0 aliphatic carbocycles. The van der Waals surface area contributed by atoms with Gasteiger partial charge in [-0.05, 0) is 31.5 Å². The summed E-state index contributed by atoms with van der Waals surface area (Å²) >= 11 is 0. The summed E-state index contributed by atoms with van der Waals surface area (Å²) in [4.78, 5) is 38.9. The molecule has 8 heteroatoms. The fourth-order valence-electron chi connectivity index (χ4n) is 3.13. The van der Waals surface area contributed by atoms with Crippen LogP contribution in [0.4, 0.5) is 21.0 Å². The first-order valence-corrected chi connectivity index (χ1v) is 8.53. The summed E-state index contributed by atoms with van der Waals surface area (Å²) in [7, 11) is 0. The molecule has 2 aliphatic heterocycles. The third kappa shape index (κ3) is 4.20. The minimum absolute atomic E-state index is 0.134. The SMILES string of the molecule is C[C@H](CN1CCCC1=O)NC(=O)Nc1cccc(N2CCNC2=O)c1. The number of carbonyl (C=O) groups is 3. The molecule has 2 fully saturated rings. The molecule has 5 amide bonds. The van der Waals surface area contributed by atoms with E-state index in [0.717, 1.165) is 18.7 Å². The Labute approximate surface area is 146 Å². The molecular formula is C17H23N5O3. The van der Waals surface area contributed by atoms with Gasteiger partial charge in [-0.25, -0.2) is 9.59 Å². The molecule has 0 bridgehead atoms. The maximum absolute atomic E-state index is 12.2. The molecule has 2 heterocycles. The van der Waals surface area contributed by atoms with Crippen LogP contribution in [0.3, 0.4) is 0 Å². The number of carbonyl (C=O) groups excluding carboxylic acids is 3. The third-order valence-electron chi connectivity index (χ3n) is 4.32. The van der Waals surface area contributed by atoms with Gasteiger partial charge in [0.2, 0.25) is 5.91 Å². The molecule has 2 saturated heterocycles. The van der Waals surface area contributed by atoms with Gasteiger partial charge in [0.15, 0.2) is 0 Å². The third-order valence-corrected chi connectivity index (χ3v) is 4.32. The van der Waals surface area contributed by atoms with E-state index >= 15 is 0 Å². The summed E-state index contributed by atoms with van der Waals surface area (Å²) in [6.07, 6.45) is 1.48. The fraction of sp³-hybridized carbons (Fsp3) is 0.471. The summed E-state index contributed by atoms with van der Waals surface area (Å²) in [6.45, 7) is 4.36. The normalized spacial score (nSPS) is 18.3. The predicted octanol–water partition coefficient (Wildman–Crippen LogP) is 1.35. The maximum Gasteiger partial charge on any atom is 0.321 e. The van der Waals surface area contributed by atoms with Crippen LogP contribution in [0.25, 0.3) is 0 Å². The predicted molar refractivity (Wildman–Crippen MR) is 94.6 cm³/mol. The molecule has 8 nitrogen and oxygen atoms in total. The van der Waals surface area contributed by atoms with E-state index in [-0.39, 0.29) is 24.0 Å². The van der Waals surface area contributed by atoms with Gasteiger partial charge in [-0.1, -0.05) is 6.07 Å². The van der Waals surface area contributed by atoms with Gasteiger partial charge >= 0.3 is 12.1 Å². The van der Waals surface area contributed by atoms with Crippen LogP contribution >= 0.6 is 0 Å². The van der Waals surface area contributed by atoms with Crippen molar-refractivity contribution in [2.24, 2.45) is 0 Å². The van der Waals surface area contributed by atoms with Crippen molar-refractivity contribution < 1.29 is 14.4 Å². The van der Waals surface area contributed by atoms with Gasteiger partial charge in [0.25, 0.3) is 0 Å². The van der Waals surface area contributed by atoms with Crippen LogP contribution in [0.2, 0.25) is 0 Å². The number of hydrogen-bond donors (Lipinski definition) is 3. The van der Waals surface area contributed by atoms with Gasteiger partial charge in [0, 0.05) is 50.0 Å². The van der Waals surface area contributed by atoms with Crippen LogP contribution in [0.5, 0.6) is 0 Å². The second-order valence-corrected chi connectivity index (χ2v) is 6.38. The molecule has 0 radical (unpaired) electrons. The molecule has 134 valence electrons. The molecule has 1 atom stereocenters. The van der Waals surface area contributed by atoms with E-state index in [4.69, 9.17) is 0 Å². The van der Waals surface area contributed by atoms with Crippen LogP contribution < -0.4 is 20.9 Å². The standard InChI is InChI=1S/C17H23N5O3/c1-12(11-21-8-3-6-15(21)23)19-16(24)20-13-4-2-5-14(10-13)22-9-7-18-17(22)25/h2,4-5,10,12H,3,6-9,11H2,1H3,(H,18,25)(H2,19,20,24)/t12-/m1/s1. The van der Waals surface area contributed by atoms with Gasteiger partial charge in [-0.2, -0.15) is 0 Å². The van der Waals surface area contributed by atoms with Crippen molar-refractivity contribution in [3.05, 3.63) is 24.3 Å². The lowest BCUT2D eigenvalue weighted by Gasteiger charge is -2.22. The largest absolute Gasteiger partial charge is 0.341 e. The molecule has 1 aromatic rings. The number of nitrogens with one attached hydrogen (secondary N) is 3. The Morgan fingerprint density at radius 1 is 1.32 bits per heavy atom. The lowest BCUT2D eigenvalue weighted by atomic mass is 10.2. The number of hydrogen-bond acceptors (Lipinski definition) is 3. The Kier molecular flexibility index (Phi) is 5.06. The van der Waals surface area contributed by atoms with Crippen molar-refractivity contribution in [2.75, 3.05) is 36.4 Å². The van der Waals surface area contributed by atoms with Gasteiger partial charge in [0.1, 0.15) is 0 Å². The Hall–Kier alpha value is -2.77. The molecule has 3 N–H and O–H groups in total. The molecule has 2 aliphatic rings. The van der Waals surface area contributed by atoms with Crippen molar-refractivity contribution in [1.29, 1.82) is 0 Å². The van der Waals surface area contributed by atoms with E-state index in [1.807, 2.05) is 13.0 Å². The highest BCUT2D eigenvalue weighted by molar-refractivity contribution is 5.95. The number of amides is 5. The van der Waals surface area contributed by atoms with E-state index in [1.54, 1.807) is 28.0 Å². The topological polar surface area (TPSA) is 93.8 Å². The smallest absolute Gasteiger partial charge is 0.321 e. The Balaban J connectivity index is 1.54. The first-order chi connectivity index (χ1) is 12.0. The zero-order valence-electron chi connectivity index (χ0n) is 14.2. The number of anilines is 2. The second kappa shape index (κ2) is 7.42. The average Bonchev–Trinajstić information content (AvgIpc) is 3.16. The number of urea groups is 2. The van der Waals surface area contributed by atoms with Crippen LogP contribution in [0, 0.1) is 0 Å². The summed E-state index contributed by atoms with van der Waals surface area (Å²) in [5.41, 5.74) is 1.35. The van der Waals surface area contributed by atoms with E-state index in [2.05, 4.69) is 16.0 Å². The highest BCUT2D eigenvalue weighted by Gasteiger charge is 2.23. The lowest BCUT2D eigenvalue weighted by molar-refractivity contribution is -0.127. The maximum atomic E-state index is 12.2. The summed E-state index contributed by atoms with van der Waals surface area (Å²) in [5.74, 6) is 0.144. The monoisotopic (exact) mass is 345 g/mol. The van der Waals surface area contributed by atoms with Crippen LogP contribution in [0.15, 0.2) is 24.3 Å². The van der Waals surface area contributed by atoms with Crippen LogP contribution in [0.1, 0.15) is 19.8 Å². The molecule has 3 rings (SSSR count). The van der Waals surface area contributed by atoms with Crippen LogP contribution in [-0.2, 0) is 4.79 Å². The Bertz CT molecular complexity index is 678.